The number of rotatable bonds is 7. The quantitative estimate of drug-likeness (QED) is 0.524. The molecule has 2 aromatic carbocycles. The van der Waals surface area contributed by atoms with Gasteiger partial charge in [-0.2, -0.15) is 0 Å². The monoisotopic (exact) mass is 341 g/mol. The maximum Gasteiger partial charge on any atom is 0.341 e. The molecular formula is C18H19N3O4. The summed E-state index contributed by atoms with van der Waals surface area (Å²) in [7, 11) is 0. The van der Waals surface area contributed by atoms with Gasteiger partial charge in [0, 0.05) is 12.1 Å². The molecule has 2 aromatic rings. The molecule has 0 aromatic heterocycles. The molecule has 0 unspecified atom stereocenters. The highest BCUT2D eigenvalue weighted by Gasteiger charge is 2.18. The molecule has 0 aliphatic carbocycles. The number of aliphatic carboxylic acids is 1. The Morgan fingerprint density at radius 2 is 1.72 bits per heavy atom. The molecule has 0 spiro atoms. The molecule has 0 heterocycles. The normalized spacial score (nSPS) is 10.1. The second-order valence-corrected chi connectivity index (χ2v) is 5.28. The van der Waals surface area contributed by atoms with Crippen LogP contribution in [0.5, 0.6) is 5.75 Å². The van der Waals surface area contributed by atoms with E-state index in [1.165, 1.54) is 29.2 Å². The van der Waals surface area contributed by atoms with Crippen LogP contribution in [0.3, 0.4) is 0 Å². The van der Waals surface area contributed by atoms with E-state index in [9.17, 15) is 9.59 Å². The van der Waals surface area contributed by atoms with Crippen LogP contribution in [0, 0.1) is 5.41 Å². The summed E-state index contributed by atoms with van der Waals surface area (Å²) in [4.78, 5) is 24.2. The van der Waals surface area contributed by atoms with E-state index in [1.807, 2.05) is 30.3 Å². The van der Waals surface area contributed by atoms with E-state index in [4.69, 9.17) is 21.0 Å². The second-order valence-electron chi connectivity index (χ2n) is 5.28. The summed E-state index contributed by atoms with van der Waals surface area (Å²) in [5.74, 6) is -1.46. The Hall–Kier alpha value is -3.35. The van der Waals surface area contributed by atoms with Crippen molar-refractivity contribution in [3.05, 3.63) is 65.7 Å². The lowest BCUT2D eigenvalue weighted by Crippen LogP contribution is -2.42. The lowest BCUT2D eigenvalue weighted by Gasteiger charge is -2.21. The summed E-state index contributed by atoms with van der Waals surface area (Å²) in [6, 6.07) is 15.6. The number of ether oxygens (including phenoxy) is 1. The van der Waals surface area contributed by atoms with Crippen molar-refractivity contribution in [2.24, 2.45) is 5.73 Å². The van der Waals surface area contributed by atoms with Crippen molar-refractivity contribution in [2.75, 3.05) is 13.2 Å². The van der Waals surface area contributed by atoms with Gasteiger partial charge in [-0.15, -0.1) is 0 Å². The van der Waals surface area contributed by atoms with Crippen molar-refractivity contribution in [1.29, 1.82) is 5.41 Å². The van der Waals surface area contributed by atoms with E-state index in [1.54, 1.807) is 0 Å². The number of guanidine groups is 1. The molecule has 2 rings (SSSR count). The molecule has 130 valence electrons. The first-order valence-electron chi connectivity index (χ1n) is 7.62. The lowest BCUT2D eigenvalue weighted by molar-refractivity contribution is -0.139. The standard InChI is InChI=1S/C18H19N3O4/c19-18(20)21(11-10-13-4-2-1-3-5-13)17(24)14-6-8-15(9-7-14)25-12-16(22)23/h1-9H,10-12H2,(H3,19,20)(H,22,23). The fourth-order valence-electron chi connectivity index (χ4n) is 2.21. The highest BCUT2D eigenvalue weighted by Crippen LogP contribution is 2.14. The molecule has 0 saturated carbocycles. The van der Waals surface area contributed by atoms with Gasteiger partial charge in [-0.25, -0.2) is 4.79 Å². The van der Waals surface area contributed by atoms with E-state index in [0.29, 0.717) is 17.7 Å². The van der Waals surface area contributed by atoms with Gasteiger partial charge in [0.2, 0.25) is 0 Å². The molecule has 1 amide bonds. The molecule has 0 bridgehead atoms. The highest BCUT2D eigenvalue weighted by molar-refractivity contribution is 6.04. The number of hydrogen-bond donors (Lipinski definition) is 3. The number of carboxylic acid groups (broad SMARTS) is 1. The van der Waals surface area contributed by atoms with E-state index in [0.717, 1.165) is 5.56 Å². The third-order valence-electron chi connectivity index (χ3n) is 3.47. The zero-order chi connectivity index (χ0) is 18.2. The van der Waals surface area contributed by atoms with Crippen molar-refractivity contribution < 1.29 is 19.4 Å². The van der Waals surface area contributed by atoms with Gasteiger partial charge in [-0.05, 0) is 36.2 Å². The predicted octanol–water partition coefficient (Wildman–Crippen LogP) is 1.73. The Morgan fingerprint density at radius 3 is 2.28 bits per heavy atom. The van der Waals surface area contributed by atoms with Gasteiger partial charge in [0.15, 0.2) is 12.6 Å². The number of carbonyl (C=O) groups is 2. The van der Waals surface area contributed by atoms with Crippen LogP contribution in [0.25, 0.3) is 0 Å². The Kier molecular flexibility index (Phi) is 6.11. The lowest BCUT2D eigenvalue weighted by atomic mass is 10.1. The molecule has 0 atom stereocenters. The van der Waals surface area contributed by atoms with E-state index >= 15 is 0 Å². The van der Waals surface area contributed by atoms with Crippen LogP contribution in [-0.2, 0) is 11.2 Å². The molecule has 25 heavy (non-hydrogen) atoms. The van der Waals surface area contributed by atoms with Crippen LogP contribution in [0.15, 0.2) is 54.6 Å². The van der Waals surface area contributed by atoms with E-state index < -0.39 is 18.5 Å². The number of carbonyl (C=O) groups excluding carboxylic acids is 1. The van der Waals surface area contributed by atoms with E-state index in [2.05, 4.69) is 0 Å². The third-order valence-corrected chi connectivity index (χ3v) is 3.47. The number of nitrogens with zero attached hydrogens (tertiary/aromatic N) is 1. The first-order chi connectivity index (χ1) is 12.0. The van der Waals surface area contributed by atoms with Crippen molar-refractivity contribution in [1.82, 2.24) is 4.90 Å². The maximum absolute atomic E-state index is 12.6. The van der Waals surface area contributed by atoms with Crippen LogP contribution >= 0.6 is 0 Å². The van der Waals surface area contributed by atoms with Gasteiger partial charge >= 0.3 is 5.97 Å². The Labute approximate surface area is 145 Å². The molecular weight excluding hydrogens is 322 g/mol. The van der Waals surface area contributed by atoms with Gasteiger partial charge in [0.25, 0.3) is 5.91 Å². The van der Waals surface area contributed by atoms with Gasteiger partial charge in [0.05, 0.1) is 0 Å². The maximum atomic E-state index is 12.6. The summed E-state index contributed by atoms with van der Waals surface area (Å²) >= 11 is 0. The van der Waals surface area contributed by atoms with Crippen molar-refractivity contribution in [3.63, 3.8) is 0 Å². The number of benzene rings is 2. The molecule has 0 fully saturated rings. The minimum atomic E-state index is -1.08. The number of hydrogen-bond acceptors (Lipinski definition) is 4. The Balaban J connectivity index is 2.03. The fraction of sp³-hybridized carbons (Fsp3) is 0.167. The highest BCUT2D eigenvalue weighted by atomic mass is 16.5. The van der Waals surface area contributed by atoms with Crippen LogP contribution in [-0.4, -0.2) is 41.0 Å². The summed E-state index contributed by atoms with van der Waals surface area (Å²) < 4.78 is 5.02. The first-order valence-corrected chi connectivity index (χ1v) is 7.62. The molecule has 0 radical (unpaired) electrons. The topological polar surface area (TPSA) is 117 Å². The largest absolute Gasteiger partial charge is 0.482 e. The van der Waals surface area contributed by atoms with Gasteiger partial charge in [-0.1, -0.05) is 30.3 Å². The number of nitrogens with two attached hydrogens (primary N) is 1. The van der Waals surface area contributed by atoms with Crippen LogP contribution < -0.4 is 10.5 Å². The van der Waals surface area contributed by atoms with Gasteiger partial charge < -0.3 is 15.6 Å². The minimum Gasteiger partial charge on any atom is -0.482 e. The van der Waals surface area contributed by atoms with Crippen molar-refractivity contribution in [2.45, 2.75) is 6.42 Å². The fourth-order valence-corrected chi connectivity index (χ4v) is 2.21. The Bertz CT molecular complexity index is 745. The zero-order valence-corrected chi connectivity index (χ0v) is 13.5. The van der Waals surface area contributed by atoms with Crippen molar-refractivity contribution >= 4 is 17.8 Å². The first kappa shape index (κ1) is 18.0. The summed E-state index contributed by atoms with van der Waals surface area (Å²) in [5.41, 5.74) is 6.93. The summed E-state index contributed by atoms with van der Waals surface area (Å²) in [5, 5.41) is 16.2. The molecule has 0 saturated heterocycles. The number of carboxylic acids is 1. The molecule has 0 aliphatic heterocycles. The molecule has 7 heteroatoms. The average Bonchev–Trinajstić information content (AvgIpc) is 2.61. The number of amides is 1. The SMILES string of the molecule is N=C(N)N(CCc1ccccc1)C(=O)c1ccc(OCC(=O)O)cc1. The number of nitrogens with one attached hydrogen (secondary N) is 1. The predicted molar refractivity (Wildman–Crippen MR) is 92.7 cm³/mol. The molecule has 0 aliphatic rings. The molecule has 4 N–H and O–H groups in total. The third kappa shape index (κ3) is 5.35. The summed E-state index contributed by atoms with van der Waals surface area (Å²) in [6.07, 6.45) is 0.575. The van der Waals surface area contributed by atoms with E-state index in [-0.39, 0.29) is 12.5 Å². The van der Waals surface area contributed by atoms with Crippen LogP contribution in [0.2, 0.25) is 0 Å². The Morgan fingerprint density at radius 1 is 1.08 bits per heavy atom. The average molecular weight is 341 g/mol. The van der Waals surface area contributed by atoms with Gasteiger partial charge in [0.1, 0.15) is 5.75 Å². The molecule has 7 nitrogen and oxygen atoms in total. The minimum absolute atomic E-state index is 0.287. The van der Waals surface area contributed by atoms with Crippen molar-refractivity contribution in [3.8, 4) is 5.75 Å². The summed E-state index contributed by atoms with van der Waals surface area (Å²) in [6.45, 7) is -0.167. The second kappa shape index (κ2) is 8.49. The zero-order valence-electron chi connectivity index (χ0n) is 13.5. The van der Waals surface area contributed by atoms with Crippen LogP contribution in [0.1, 0.15) is 15.9 Å². The van der Waals surface area contributed by atoms with Gasteiger partial charge in [-0.3, -0.25) is 15.1 Å². The van der Waals surface area contributed by atoms with Crippen LogP contribution in [0.4, 0.5) is 0 Å². The smallest absolute Gasteiger partial charge is 0.341 e.